The second-order valence-corrected chi connectivity index (χ2v) is 6.18. The normalized spacial score (nSPS) is 25.0. The van der Waals surface area contributed by atoms with Crippen LogP contribution in [0.4, 0.5) is 4.39 Å². The van der Waals surface area contributed by atoms with Gasteiger partial charge in [-0.25, -0.2) is 4.39 Å². The Morgan fingerprint density at radius 2 is 1.95 bits per heavy atom. The number of amides is 1. The van der Waals surface area contributed by atoms with Crippen LogP contribution in [0.25, 0.3) is 0 Å². The first-order valence-corrected chi connectivity index (χ1v) is 7.89. The number of hydrogen-bond donors (Lipinski definition) is 2. The Kier molecular flexibility index (Phi) is 5.53. The number of carbonyl (C=O) groups excluding carboxylic acids is 1. The fourth-order valence-corrected chi connectivity index (χ4v) is 3.31. The van der Waals surface area contributed by atoms with E-state index in [1.165, 1.54) is 12.1 Å². The summed E-state index contributed by atoms with van der Waals surface area (Å²) in [6, 6.07) is 6.58. The first kappa shape index (κ1) is 16.9. The van der Waals surface area contributed by atoms with Gasteiger partial charge >= 0.3 is 0 Å². The van der Waals surface area contributed by atoms with E-state index in [2.05, 4.69) is 24.1 Å². The van der Waals surface area contributed by atoms with E-state index in [9.17, 15) is 14.3 Å². The first-order chi connectivity index (χ1) is 10.4. The minimum atomic E-state index is -1.04. The highest BCUT2D eigenvalue weighted by atomic mass is 19.1. The van der Waals surface area contributed by atoms with E-state index in [-0.39, 0.29) is 24.1 Å². The molecule has 0 aromatic heterocycles. The molecule has 122 valence electrons. The number of nitrogens with one attached hydrogen (secondary N) is 1. The lowest BCUT2D eigenvalue weighted by molar-refractivity contribution is -0.127. The van der Waals surface area contributed by atoms with Crippen LogP contribution in [0.3, 0.4) is 0 Å². The topological polar surface area (TPSA) is 52.6 Å². The molecular weight excluding hydrogens is 283 g/mol. The van der Waals surface area contributed by atoms with E-state index >= 15 is 0 Å². The van der Waals surface area contributed by atoms with Crippen molar-refractivity contribution in [1.82, 2.24) is 10.2 Å². The predicted octanol–water partition coefficient (Wildman–Crippen LogP) is 2.24. The minimum Gasteiger partial charge on any atom is -0.386 e. The Balaban J connectivity index is 1.91. The number of likely N-dealkylation sites (tertiary alicyclic amines) is 1. The number of benzene rings is 1. The second-order valence-electron chi connectivity index (χ2n) is 6.18. The molecule has 1 aliphatic heterocycles. The van der Waals surface area contributed by atoms with Crippen LogP contribution in [0.2, 0.25) is 0 Å². The summed E-state index contributed by atoms with van der Waals surface area (Å²) in [6.07, 6.45) is 1.15. The Hall–Kier alpha value is -1.46. The number of rotatable bonds is 5. The third kappa shape index (κ3) is 3.65. The molecule has 1 fully saturated rings. The van der Waals surface area contributed by atoms with Crippen molar-refractivity contribution >= 4 is 5.91 Å². The fourth-order valence-electron chi connectivity index (χ4n) is 3.31. The highest BCUT2D eigenvalue weighted by molar-refractivity contribution is 5.81. The van der Waals surface area contributed by atoms with Crippen molar-refractivity contribution in [2.24, 2.45) is 0 Å². The van der Waals surface area contributed by atoms with E-state index in [0.29, 0.717) is 12.1 Å². The zero-order chi connectivity index (χ0) is 16.3. The van der Waals surface area contributed by atoms with Crippen LogP contribution < -0.4 is 5.32 Å². The largest absolute Gasteiger partial charge is 0.386 e. The summed E-state index contributed by atoms with van der Waals surface area (Å²) in [5, 5.41) is 12.8. The molecule has 1 heterocycles. The lowest BCUT2D eigenvalue weighted by atomic mass is 10.1. The van der Waals surface area contributed by atoms with Crippen LogP contribution in [-0.2, 0) is 4.79 Å². The molecular formula is C17H25FN2O2. The molecule has 2 rings (SSSR count). The first-order valence-electron chi connectivity index (χ1n) is 7.89. The Morgan fingerprint density at radius 1 is 1.36 bits per heavy atom. The Labute approximate surface area is 131 Å². The van der Waals surface area contributed by atoms with Gasteiger partial charge in [-0.15, -0.1) is 0 Å². The van der Waals surface area contributed by atoms with Crippen molar-refractivity contribution in [3.05, 3.63) is 35.6 Å². The van der Waals surface area contributed by atoms with Gasteiger partial charge in [-0.2, -0.15) is 0 Å². The lowest BCUT2D eigenvalue weighted by Crippen LogP contribution is -2.49. The summed E-state index contributed by atoms with van der Waals surface area (Å²) in [5.41, 5.74) is 0.207. The molecule has 0 radical (unpaired) electrons. The van der Waals surface area contributed by atoms with Crippen molar-refractivity contribution in [2.75, 3.05) is 6.54 Å². The van der Waals surface area contributed by atoms with Gasteiger partial charge in [-0.3, -0.25) is 9.69 Å². The third-order valence-corrected chi connectivity index (χ3v) is 4.58. The summed E-state index contributed by atoms with van der Waals surface area (Å²) in [7, 11) is 0. The standard InChI is InChI=1S/C17H25FN2O2/c1-11-8-9-12(2)20(11)13(3)17(22)19-10-16(21)14-6-4-5-7-15(14)18/h4-7,11-13,16,21H,8-10H2,1-3H3,(H,19,22). The molecule has 0 aliphatic carbocycles. The van der Waals surface area contributed by atoms with Gasteiger partial charge in [0.05, 0.1) is 12.1 Å². The molecule has 1 aromatic carbocycles. The quantitative estimate of drug-likeness (QED) is 0.877. The average Bonchev–Trinajstić information content (AvgIpc) is 2.83. The number of aliphatic hydroxyl groups excluding tert-OH is 1. The maximum absolute atomic E-state index is 13.6. The summed E-state index contributed by atoms with van der Waals surface area (Å²) < 4.78 is 13.6. The Bertz CT molecular complexity index is 513. The summed E-state index contributed by atoms with van der Waals surface area (Å²) in [6.45, 7) is 6.15. The maximum Gasteiger partial charge on any atom is 0.237 e. The van der Waals surface area contributed by atoms with Crippen molar-refractivity contribution in [3.63, 3.8) is 0 Å². The molecule has 0 spiro atoms. The number of carbonyl (C=O) groups is 1. The maximum atomic E-state index is 13.6. The van der Waals surface area contributed by atoms with Gasteiger partial charge in [-0.05, 0) is 39.7 Å². The SMILES string of the molecule is CC1CCC(C)N1C(C)C(=O)NCC(O)c1ccccc1F. The van der Waals surface area contributed by atoms with Crippen molar-refractivity contribution in [3.8, 4) is 0 Å². The molecule has 0 saturated carbocycles. The number of hydrogen-bond acceptors (Lipinski definition) is 3. The van der Waals surface area contributed by atoms with E-state index < -0.39 is 11.9 Å². The summed E-state index contributed by atoms with van der Waals surface area (Å²) >= 11 is 0. The van der Waals surface area contributed by atoms with E-state index in [0.717, 1.165) is 12.8 Å². The van der Waals surface area contributed by atoms with Gasteiger partial charge in [0.25, 0.3) is 0 Å². The lowest BCUT2D eigenvalue weighted by Gasteiger charge is -2.31. The summed E-state index contributed by atoms with van der Waals surface area (Å²) in [4.78, 5) is 14.5. The van der Waals surface area contributed by atoms with Crippen LogP contribution >= 0.6 is 0 Å². The molecule has 0 bridgehead atoms. The molecule has 1 aliphatic rings. The number of aliphatic hydroxyl groups is 1. The average molecular weight is 308 g/mol. The van der Waals surface area contributed by atoms with Crippen molar-refractivity contribution in [2.45, 2.75) is 57.8 Å². The Morgan fingerprint density at radius 3 is 2.55 bits per heavy atom. The van der Waals surface area contributed by atoms with Gasteiger partial charge in [0, 0.05) is 24.2 Å². The van der Waals surface area contributed by atoms with Gasteiger partial charge in [-0.1, -0.05) is 18.2 Å². The number of nitrogens with zero attached hydrogens (tertiary/aromatic N) is 1. The zero-order valence-electron chi connectivity index (χ0n) is 13.4. The monoisotopic (exact) mass is 308 g/mol. The smallest absolute Gasteiger partial charge is 0.237 e. The molecule has 4 atom stereocenters. The van der Waals surface area contributed by atoms with Crippen molar-refractivity contribution < 1.29 is 14.3 Å². The highest BCUT2D eigenvalue weighted by Crippen LogP contribution is 2.26. The van der Waals surface area contributed by atoms with Gasteiger partial charge in [0.15, 0.2) is 0 Å². The summed E-state index contributed by atoms with van der Waals surface area (Å²) in [5.74, 6) is -0.588. The van der Waals surface area contributed by atoms with Crippen LogP contribution in [0.1, 0.15) is 45.3 Å². The highest BCUT2D eigenvalue weighted by Gasteiger charge is 2.34. The van der Waals surface area contributed by atoms with E-state index in [1.807, 2.05) is 6.92 Å². The second kappa shape index (κ2) is 7.20. The van der Waals surface area contributed by atoms with Crippen LogP contribution in [0, 0.1) is 5.82 Å². The molecule has 2 N–H and O–H groups in total. The minimum absolute atomic E-state index is 0.0146. The van der Waals surface area contributed by atoms with Gasteiger partial charge in [0.1, 0.15) is 5.82 Å². The van der Waals surface area contributed by atoms with Gasteiger partial charge < -0.3 is 10.4 Å². The van der Waals surface area contributed by atoms with Crippen LogP contribution in [0.15, 0.2) is 24.3 Å². The zero-order valence-corrected chi connectivity index (χ0v) is 13.4. The van der Waals surface area contributed by atoms with E-state index in [4.69, 9.17) is 0 Å². The van der Waals surface area contributed by atoms with Crippen LogP contribution in [-0.4, -0.2) is 40.6 Å². The number of halogens is 1. The molecule has 22 heavy (non-hydrogen) atoms. The molecule has 4 unspecified atom stereocenters. The van der Waals surface area contributed by atoms with E-state index in [1.54, 1.807) is 12.1 Å². The predicted molar refractivity (Wildman–Crippen MR) is 83.8 cm³/mol. The molecule has 1 aromatic rings. The molecule has 1 saturated heterocycles. The van der Waals surface area contributed by atoms with Crippen molar-refractivity contribution in [1.29, 1.82) is 0 Å². The van der Waals surface area contributed by atoms with Crippen LogP contribution in [0.5, 0.6) is 0 Å². The third-order valence-electron chi connectivity index (χ3n) is 4.58. The molecule has 5 heteroatoms. The van der Waals surface area contributed by atoms with Gasteiger partial charge in [0.2, 0.25) is 5.91 Å². The fraction of sp³-hybridized carbons (Fsp3) is 0.588. The molecule has 1 amide bonds. The molecule has 4 nitrogen and oxygen atoms in total.